The lowest BCUT2D eigenvalue weighted by Gasteiger charge is -2.19. The average Bonchev–Trinajstić information content (AvgIpc) is 3.51. The van der Waals surface area contributed by atoms with Crippen molar-refractivity contribution in [1.29, 1.82) is 0 Å². The van der Waals surface area contributed by atoms with Crippen molar-refractivity contribution in [2.45, 2.75) is 19.3 Å². The number of esters is 1. The number of rotatable bonds is 6. The number of carbonyl (C=O) groups excluding carboxylic acids is 4. The van der Waals surface area contributed by atoms with Crippen LogP contribution in [0.2, 0.25) is 0 Å². The van der Waals surface area contributed by atoms with Crippen LogP contribution in [-0.2, 0) is 14.3 Å². The van der Waals surface area contributed by atoms with Crippen LogP contribution in [0.4, 0.5) is 11.4 Å². The van der Waals surface area contributed by atoms with E-state index in [4.69, 9.17) is 4.74 Å². The molecule has 0 N–H and O–H groups in total. The largest absolute Gasteiger partial charge is 0.454 e. The van der Waals surface area contributed by atoms with Crippen LogP contribution >= 0.6 is 0 Å². The molecule has 2 saturated carbocycles. The van der Waals surface area contributed by atoms with Crippen molar-refractivity contribution in [3.63, 3.8) is 0 Å². The van der Waals surface area contributed by atoms with Gasteiger partial charge in [0, 0.05) is 17.7 Å². The van der Waals surface area contributed by atoms with Crippen LogP contribution in [0.5, 0.6) is 0 Å². The van der Waals surface area contributed by atoms with Gasteiger partial charge >= 0.3 is 5.97 Å². The molecule has 3 aliphatic rings. The number of hydrogen-bond acceptors (Lipinski definition) is 7. The van der Waals surface area contributed by atoms with E-state index < -0.39 is 23.3 Å². The monoisotopic (exact) mass is 448 g/mol. The van der Waals surface area contributed by atoms with E-state index in [1.54, 1.807) is 0 Å². The lowest BCUT2D eigenvalue weighted by Crippen LogP contribution is -2.32. The van der Waals surface area contributed by atoms with Crippen molar-refractivity contribution < 1.29 is 28.8 Å². The third-order valence-electron chi connectivity index (χ3n) is 7.00. The second-order valence-electron chi connectivity index (χ2n) is 8.75. The van der Waals surface area contributed by atoms with Gasteiger partial charge in [0.2, 0.25) is 17.6 Å². The van der Waals surface area contributed by atoms with Crippen molar-refractivity contribution >= 4 is 34.9 Å². The number of amides is 2. The summed E-state index contributed by atoms with van der Waals surface area (Å²) in [5.41, 5.74) is 0.414. The minimum absolute atomic E-state index is 0.0675. The molecule has 0 radical (unpaired) electrons. The van der Waals surface area contributed by atoms with E-state index in [9.17, 15) is 29.3 Å². The number of nitro groups is 1. The molecule has 5 rings (SSSR count). The summed E-state index contributed by atoms with van der Waals surface area (Å²) in [6.45, 7) is -0.572. The molecule has 1 aliphatic heterocycles. The van der Waals surface area contributed by atoms with E-state index >= 15 is 0 Å². The van der Waals surface area contributed by atoms with Crippen LogP contribution in [0, 0.1) is 33.8 Å². The van der Waals surface area contributed by atoms with Gasteiger partial charge in [0.05, 0.1) is 28.0 Å². The van der Waals surface area contributed by atoms with Gasteiger partial charge < -0.3 is 4.74 Å². The molecule has 3 fully saturated rings. The number of carbonyl (C=O) groups is 4. The van der Waals surface area contributed by atoms with Gasteiger partial charge in [-0.25, -0.2) is 4.79 Å². The van der Waals surface area contributed by atoms with Crippen molar-refractivity contribution in [3.05, 3.63) is 69.8 Å². The van der Waals surface area contributed by atoms with Gasteiger partial charge in [0.15, 0.2) is 6.61 Å². The van der Waals surface area contributed by atoms with Crippen molar-refractivity contribution in [2.24, 2.45) is 23.7 Å². The van der Waals surface area contributed by atoms with Crippen LogP contribution in [0.1, 0.15) is 40.0 Å². The highest BCUT2D eigenvalue weighted by atomic mass is 16.6. The van der Waals surface area contributed by atoms with Crippen LogP contribution in [0.15, 0.2) is 48.5 Å². The Balaban J connectivity index is 1.24. The van der Waals surface area contributed by atoms with Crippen molar-refractivity contribution in [2.75, 3.05) is 11.5 Å². The Kier molecular flexibility index (Phi) is 5.03. The Morgan fingerprint density at radius 2 is 1.61 bits per heavy atom. The first-order chi connectivity index (χ1) is 15.8. The summed E-state index contributed by atoms with van der Waals surface area (Å²) in [5.74, 6) is -1.50. The molecule has 2 bridgehead atoms. The molecule has 33 heavy (non-hydrogen) atoms. The van der Waals surface area contributed by atoms with Gasteiger partial charge in [-0.3, -0.25) is 29.4 Å². The molecular formula is C24H20N2O7. The van der Waals surface area contributed by atoms with Gasteiger partial charge in [-0.05, 0) is 55.4 Å². The highest BCUT2D eigenvalue weighted by Crippen LogP contribution is 2.56. The summed E-state index contributed by atoms with van der Waals surface area (Å²) in [4.78, 5) is 61.9. The average molecular weight is 448 g/mol. The molecule has 2 aromatic carbocycles. The Morgan fingerprint density at radius 1 is 0.970 bits per heavy atom. The normalized spacial score (nSPS) is 25.3. The summed E-state index contributed by atoms with van der Waals surface area (Å²) >= 11 is 0. The summed E-state index contributed by atoms with van der Waals surface area (Å²) in [7, 11) is 0. The first-order valence-electron chi connectivity index (χ1n) is 10.8. The van der Waals surface area contributed by atoms with E-state index in [-0.39, 0.29) is 40.5 Å². The maximum atomic E-state index is 12.9. The molecule has 168 valence electrons. The van der Waals surface area contributed by atoms with Crippen molar-refractivity contribution in [1.82, 2.24) is 0 Å². The Morgan fingerprint density at radius 3 is 2.21 bits per heavy atom. The van der Waals surface area contributed by atoms with Gasteiger partial charge in [0.1, 0.15) is 0 Å². The predicted molar refractivity (Wildman–Crippen MR) is 114 cm³/mol. The second-order valence-corrected chi connectivity index (χ2v) is 8.75. The number of anilines is 1. The lowest BCUT2D eigenvalue weighted by atomic mass is 9.81. The Labute approximate surface area is 188 Å². The minimum atomic E-state index is -0.755. The molecule has 2 aromatic rings. The van der Waals surface area contributed by atoms with Crippen LogP contribution in [0.3, 0.4) is 0 Å². The second kappa shape index (κ2) is 7.91. The molecular weight excluding hydrogens is 428 g/mol. The number of nitrogens with zero attached hydrogens (tertiary/aromatic N) is 2. The third kappa shape index (κ3) is 3.49. The lowest BCUT2D eigenvalue weighted by molar-refractivity contribution is -0.384. The Hall–Kier alpha value is -3.88. The molecule has 1 saturated heterocycles. The zero-order valence-electron chi connectivity index (χ0n) is 17.5. The van der Waals surface area contributed by atoms with E-state index in [0.29, 0.717) is 17.5 Å². The van der Waals surface area contributed by atoms with Gasteiger partial charge in [-0.1, -0.05) is 12.1 Å². The number of nitro benzene ring substituents is 1. The fourth-order valence-electron chi connectivity index (χ4n) is 5.50. The maximum Gasteiger partial charge on any atom is 0.338 e. The number of non-ortho nitro benzene ring substituents is 1. The summed E-state index contributed by atoms with van der Waals surface area (Å²) < 4.78 is 5.04. The topological polar surface area (TPSA) is 124 Å². The minimum Gasteiger partial charge on any atom is -0.454 e. The first-order valence-corrected chi connectivity index (χ1v) is 10.8. The SMILES string of the molecule is O=C(COC(=O)c1ccc(N2C(=O)[C@H]3[C@@H]4CC[C@@H](C4)[C@@H]3C2=O)cc1)c1cccc([N+](=O)[O-])c1. The van der Waals surface area contributed by atoms with Gasteiger partial charge in [-0.15, -0.1) is 0 Å². The van der Waals surface area contributed by atoms with Gasteiger partial charge in [0.25, 0.3) is 5.69 Å². The maximum absolute atomic E-state index is 12.9. The predicted octanol–water partition coefficient (Wildman–Crippen LogP) is 3.17. The summed E-state index contributed by atoms with van der Waals surface area (Å²) in [6, 6.07) is 11.1. The number of hydrogen-bond donors (Lipinski definition) is 0. The molecule has 0 spiro atoms. The van der Waals surface area contributed by atoms with Crippen LogP contribution in [0.25, 0.3) is 0 Å². The number of fused-ring (bicyclic) bond motifs is 5. The molecule has 9 heteroatoms. The highest BCUT2D eigenvalue weighted by Gasteiger charge is 2.61. The number of Topliss-reactive ketones (excluding diaryl/α,β-unsaturated/α-hetero) is 1. The molecule has 4 atom stereocenters. The first kappa shape index (κ1) is 21.0. The van der Waals surface area contributed by atoms with Crippen LogP contribution < -0.4 is 4.90 Å². The number of imide groups is 1. The quantitative estimate of drug-likeness (QED) is 0.219. The standard InChI is InChI=1S/C24H20N2O7/c27-19(14-2-1-3-18(11-14)26(31)32)12-33-24(30)13-6-8-17(9-7-13)25-22(28)20-15-4-5-16(10-15)21(20)23(25)29/h1-3,6-9,11,15-16,20-21H,4-5,10,12H2/t15-,16+,20-,21-/m0/s1. The van der Waals surface area contributed by atoms with E-state index in [2.05, 4.69) is 0 Å². The third-order valence-corrected chi connectivity index (χ3v) is 7.00. The van der Waals surface area contributed by atoms with Crippen molar-refractivity contribution in [3.8, 4) is 0 Å². The number of ether oxygens (including phenoxy) is 1. The zero-order valence-corrected chi connectivity index (χ0v) is 17.5. The number of ketones is 1. The van der Waals surface area contributed by atoms with E-state index in [1.165, 1.54) is 47.4 Å². The fourth-order valence-corrected chi connectivity index (χ4v) is 5.50. The molecule has 0 unspecified atom stereocenters. The molecule has 9 nitrogen and oxygen atoms in total. The Bertz CT molecular complexity index is 1160. The molecule has 2 amide bonds. The highest BCUT2D eigenvalue weighted by molar-refractivity contribution is 6.22. The fraction of sp³-hybridized carbons (Fsp3) is 0.333. The summed E-state index contributed by atoms with van der Waals surface area (Å²) in [6.07, 6.45) is 2.96. The summed E-state index contributed by atoms with van der Waals surface area (Å²) in [5, 5.41) is 10.8. The number of benzene rings is 2. The van der Waals surface area contributed by atoms with E-state index in [0.717, 1.165) is 25.3 Å². The van der Waals surface area contributed by atoms with Crippen LogP contribution in [-0.4, -0.2) is 35.1 Å². The molecule has 1 heterocycles. The molecule has 2 aliphatic carbocycles. The zero-order chi connectivity index (χ0) is 23.3. The van der Waals surface area contributed by atoms with E-state index in [1.807, 2.05) is 0 Å². The molecule has 0 aromatic heterocycles. The smallest absolute Gasteiger partial charge is 0.338 e. The van der Waals surface area contributed by atoms with Gasteiger partial charge in [-0.2, -0.15) is 0 Å².